The van der Waals surface area contributed by atoms with Crippen LogP contribution in [0.2, 0.25) is 0 Å². The molecule has 0 spiro atoms. The Bertz CT molecular complexity index is 996. The Morgan fingerprint density at radius 2 is 1.70 bits per heavy atom. The molecule has 4 rings (SSSR count). The summed E-state index contributed by atoms with van der Waals surface area (Å²) < 4.78 is 11.0. The molecule has 0 radical (unpaired) electrons. The quantitative estimate of drug-likeness (QED) is 0.679. The smallest absolute Gasteiger partial charge is 0.161 e. The third-order valence-electron chi connectivity index (χ3n) is 5.05. The number of benzene rings is 2. The van der Waals surface area contributed by atoms with E-state index in [1.165, 1.54) is 5.57 Å². The van der Waals surface area contributed by atoms with Gasteiger partial charge in [-0.3, -0.25) is 0 Å². The van der Waals surface area contributed by atoms with Gasteiger partial charge >= 0.3 is 0 Å². The number of likely N-dealkylation sites (N-methyl/N-ethyl adjacent to an activating group) is 1. The van der Waals surface area contributed by atoms with E-state index in [0.717, 1.165) is 53.0 Å². The van der Waals surface area contributed by atoms with Gasteiger partial charge in [0.15, 0.2) is 11.5 Å². The molecular formula is C23H24N2O2. The zero-order valence-corrected chi connectivity index (χ0v) is 16.0. The Morgan fingerprint density at radius 1 is 0.963 bits per heavy atom. The number of hydrogen-bond donors (Lipinski definition) is 0. The molecule has 138 valence electrons. The summed E-state index contributed by atoms with van der Waals surface area (Å²) in [6.45, 7) is 2.01. The first-order valence-electron chi connectivity index (χ1n) is 9.19. The standard InChI is InChI=1S/C23H24N2O2/c1-25-11-7-10-17(15-25)20-12-18-13-21(26-2)22(27-3)14-19(18)23(24-20)16-8-5-4-6-9-16/h4-6,8-10,12-14H,7,11,15H2,1-3H3. The number of hydrogen-bond acceptors (Lipinski definition) is 4. The van der Waals surface area contributed by atoms with Gasteiger partial charge in [0.2, 0.25) is 0 Å². The Morgan fingerprint density at radius 3 is 2.41 bits per heavy atom. The van der Waals surface area contributed by atoms with Gasteiger partial charge in [-0.15, -0.1) is 0 Å². The molecule has 0 N–H and O–H groups in total. The summed E-state index contributed by atoms with van der Waals surface area (Å²) in [7, 11) is 5.49. The van der Waals surface area contributed by atoms with Crippen LogP contribution in [-0.4, -0.2) is 44.2 Å². The maximum Gasteiger partial charge on any atom is 0.161 e. The fourth-order valence-electron chi connectivity index (χ4n) is 3.64. The summed E-state index contributed by atoms with van der Waals surface area (Å²) in [5.74, 6) is 1.45. The number of ether oxygens (including phenoxy) is 2. The molecule has 4 heteroatoms. The first kappa shape index (κ1) is 17.6. The Kier molecular flexibility index (Phi) is 4.82. The van der Waals surface area contributed by atoms with Gasteiger partial charge in [0, 0.05) is 24.0 Å². The van der Waals surface area contributed by atoms with Crippen molar-refractivity contribution in [2.24, 2.45) is 0 Å². The predicted octanol–water partition coefficient (Wildman–Crippen LogP) is 4.64. The first-order chi connectivity index (χ1) is 13.2. The van der Waals surface area contributed by atoms with Gasteiger partial charge in [-0.05, 0) is 42.6 Å². The molecule has 1 aromatic heterocycles. The fraction of sp³-hybridized carbons (Fsp3) is 0.261. The maximum atomic E-state index is 5.52. The van der Waals surface area contributed by atoms with Crippen molar-refractivity contribution in [1.29, 1.82) is 0 Å². The minimum absolute atomic E-state index is 0.716. The van der Waals surface area contributed by atoms with Crippen LogP contribution < -0.4 is 9.47 Å². The lowest BCUT2D eigenvalue weighted by atomic mass is 9.99. The highest BCUT2D eigenvalue weighted by atomic mass is 16.5. The van der Waals surface area contributed by atoms with E-state index in [4.69, 9.17) is 14.5 Å². The predicted molar refractivity (Wildman–Crippen MR) is 110 cm³/mol. The second-order valence-electron chi connectivity index (χ2n) is 6.91. The average Bonchev–Trinajstić information content (AvgIpc) is 2.72. The molecule has 2 aromatic carbocycles. The molecule has 0 saturated heterocycles. The zero-order valence-electron chi connectivity index (χ0n) is 16.0. The number of methoxy groups -OCH3 is 2. The topological polar surface area (TPSA) is 34.6 Å². The second kappa shape index (κ2) is 7.41. The second-order valence-corrected chi connectivity index (χ2v) is 6.91. The average molecular weight is 360 g/mol. The third-order valence-corrected chi connectivity index (χ3v) is 5.05. The van der Waals surface area contributed by atoms with Crippen LogP contribution in [0.15, 0.2) is 54.6 Å². The van der Waals surface area contributed by atoms with Crippen LogP contribution in [-0.2, 0) is 0 Å². The number of rotatable bonds is 4. The van der Waals surface area contributed by atoms with E-state index in [1.54, 1.807) is 14.2 Å². The van der Waals surface area contributed by atoms with Crippen LogP contribution >= 0.6 is 0 Å². The lowest BCUT2D eigenvalue weighted by Gasteiger charge is -2.23. The van der Waals surface area contributed by atoms with Crippen molar-refractivity contribution in [2.75, 3.05) is 34.4 Å². The van der Waals surface area contributed by atoms with E-state index in [9.17, 15) is 0 Å². The molecule has 3 aromatic rings. The molecule has 2 heterocycles. The molecule has 1 aliphatic rings. The highest BCUT2D eigenvalue weighted by Gasteiger charge is 2.17. The van der Waals surface area contributed by atoms with Crippen molar-refractivity contribution >= 4 is 16.3 Å². The molecule has 4 nitrogen and oxygen atoms in total. The van der Waals surface area contributed by atoms with Gasteiger partial charge in [0.1, 0.15) is 0 Å². The van der Waals surface area contributed by atoms with Crippen molar-refractivity contribution in [3.63, 3.8) is 0 Å². The summed E-state index contributed by atoms with van der Waals surface area (Å²) >= 11 is 0. The summed E-state index contributed by atoms with van der Waals surface area (Å²) in [5.41, 5.74) is 4.37. The molecule has 0 aliphatic carbocycles. The van der Waals surface area contributed by atoms with Gasteiger partial charge in [0.25, 0.3) is 0 Å². The lowest BCUT2D eigenvalue weighted by molar-refractivity contribution is 0.356. The molecule has 0 bridgehead atoms. The lowest BCUT2D eigenvalue weighted by Crippen LogP contribution is -2.25. The number of fused-ring (bicyclic) bond motifs is 1. The van der Waals surface area contributed by atoms with E-state index >= 15 is 0 Å². The fourth-order valence-corrected chi connectivity index (χ4v) is 3.64. The monoisotopic (exact) mass is 360 g/mol. The first-order valence-corrected chi connectivity index (χ1v) is 9.19. The Balaban J connectivity index is 1.97. The number of pyridine rings is 1. The molecule has 27 heavy (non-hydrogen) atoms. The highest BCUT2D eigenvalue weighted by molar-refractivity contribution is 5.98. The van der Waals surface area contributed by atoms with E-state index in [-0.39, 0.29) is 0 Å². The van der Waals surface area contributed by atoms with Crippen molar-refractivity contribution < 1.29 is 9.47 Å². The van der Waals surface area contributed by atoms with E-state index < -0.39 is 0 Å². The van der Waals surface area contributed by atoms with Gasteiger partial charge in [0.05, 0.1) is 25.6 Å². The third kappa shape index (κ3) is 3.40. The van der Waals surface area contributed by atoms with E-state index in [2.05, 4.69) is 36.2 Å². The molecular weight excluding hydrogens is 336 g/mol. The van der Waals surface area contributed by atoms with Gasteiger partial charge in [-0.25, -0.2) is 4.98 Å². The van der Waals surface area contributed by atoms with Crippen molar-refractivity contribution in [2.45, 2.75) is 6.42 Å². The molecule has 0 fully saturated rings. The van der Waals surface area contributed by atoms with Gasteiger partial charge < -0.3 is 14.4 Å². The molecule has 1 aliphatic heterocycles. The van der Waals surface area contributed by atoms with E-state index in [1.807, 2.05) is 30.3 Å². The largest absolute Gasteiger partial charge is 0.493 e. The normalized spacial score (nSPS) is 14.9. The molecule has 0 saturated carbocycles. The van der Waals surface area contributed by atoms with Crippen LogP contribution in [0, 0.1) is 0 Å². The minimum atomic E-state index is 0.716. The van der Waals surface area contributed by atoms with Crippen LogP contribution in [0.4, 0.5) is 0 Å². The maximum absolute atomic E-state index is 5.52. The van der Waals surface area contributed by atoms with Crippen LogP contribution in [0.3, 0.4) is 0 Å². The molecule has 0 atom stereocenters. The van der Waals surface area contributed by atoms with Gasteiger partial charge in [-0.2, -0.15) is 0 Å². The van der Waals surface area contributed by atoms with Crippen LogP contribution in [0.1, 0.15) is 12.1 Å². The van der Waals surface area contributed by atoms with Crippen molar-refractivity contribution in [3.8, 4) is 22.8 Å². The summed E-state index contributed by atoms with van der Waals surface area (Å²) in [6.07, 6.45) is 3.36. The van der Waals surface area contributed by atoms with Gasteiger partial charge in [-0.1, -0.05) is 36.4 Å². The summed E-state index contributed by atoms with van der Waals surface area (Å²) in [5, 5.41) is 2.16. The Hall–Kier alpha value is -2.85. The summed E-state index contributed by atoms with van der Waals surface area (Å²) in [4.78, 5) is 7.40. The number of aromatic nitrogens is 1. The SMILES string of the molecule is COc1cc2cc(C3=CCCN(C)C3)nc(-c3ccccc3)c2cc1OC. The highest BCUT2D eigenvalue weighted by Crippen LogP contribution is 2.37. The van der Waals surface area contributed by atoms with Crippen LogP contribution in [0.25, 0.3) is 27.6 Å². The van der Waals surface area contributed by atoms with Crippen LogP contribution in [0.5, 0.6) is 11.5 Å². The van der Waals surface area contributed by atoms with Crippen molar-refractivity contribution in [1.82, 2.24) is 9.88 Å². The molecule has 0 amide bonds. The minimum Gasteiger partial charge on any atom is -0.493 e. The van der Waals surface area contributed by atoms with E-state index in [0.29, 0.717) is 5.75 Å². The Labute approximate surface area is 160 Å². The zero-order chi connectivity index (χ0) is 18.8. The summed E-state index contributed by atoms with van der Waals surface area (Å²) in [6, 6.07) is 16.5. The molecule has 0 unspecified atom stereocenters. The van der Waals surface area contributed by atoms with Crippen molar-refractivity contribution in [3.05, 3.63) is 60.3 Å². The number of nitrogens with zero attached hydrogens (tertiary/aromatic N) is 2.